The Bertz CT molecular complexity index is 842. The Morgan fingerprint density at radius 2 is 2.10 bits per heavy atom. The van der Waals surface area contributed by atoms with Crippen LogP contribution in [-0.2, 0) is 5.75 Å². The Hall–Kier alpha value is -1.59. The van der Waals surface area contributed by atoms with E-state index in [2.05, 4.69) is 4.98 Å². The summed E-state index contributed by atoms with van der Waals surface area (Å²) in [5, 5.41) is 0.0547. The van der Waals surface area contributed by atoms with E-state index in [1.54, 1.807) is 18.2 Å². The van der Waals surface area contributed by atoms with Gasteiger partial charge in [-0.2, -0.15) is 0 Å². The van der Waals surface area contributed by atoms with E-state index in [4.69, 9.17) is 11.6 Å². The number of rotatable bonds is 1. The number of halogens is 3. The van der Waals surface area contributed by atoms with Gasteiger partial charge in [-0.1, -0.05) is 17.7 Å². The molecule has 1 aliphatic rings. The second-order valence-corrected chi connectivity index (χ2v) is 6.31. The first-order valence-electron chi connectivity index (χ1n) is 6.37. The van der Waals surface area contributed by atoms with Gasteiger partial charge in [0, 0.05) is 10.6 Å². The zero-order chi connectivity index (χ0) is 14.6. The molecule has 6 heteroatoms. The van der Waals surface area contributed by atoms with Crippen LogP contribution in [-0.4, -0.2) is 9.55 Å². The average molecular weight is 323 g/mol. The van der Waals surface area contributed by atoms with Gasteiger partial charge in [-0.3, -0.25) is 0 Å². The largest absolute Gasteiger partial charge is 0.310 e. The first-order chi connectivity index (χ1) is 10.1. The smallest absolute Gasteiger partial charge is 0.130 e. The normalized spacial score (nSPS) is 17.4. The first-order valence-corrected chi connectivity index (χ1v) is 7.79. The minimum Gasteiger partial charge on any atom is -0.310 e. The molecule has 1 atom stereocenters. The zero-order valence-corrected chi connectivity index (χ0v) is 12.3. The maximum Gasteiger partial charge on any atom is 0.130 e. The number of thioether (sulfide) groups is 1. The monoisotopic (exact) mass is 322 g/mol. The van der Waals surface area contributed by atoms with Gasteiger partial charge >= 0.3 is 0 Å². The summed E-state index contributed by atoms with van der Waals surface area (Å²) in [4.78, 5) is 4.48. The number of aromatic nitrogens is 2. The van der Waals surface area contributed by atoms with Gasteiger partial charge in [0.1, 0.15) is 22.8 Å². The molecule has 106 valence electrons. The third-order valence-electron chi connectivity index (χ3n) is 3.58. The molecule has 0 N–H and O–H groups in total. The Kier molecular flexibility index (Phi) is 2.94. The minimum atomic E-state index is -0.355. The summed E-state index contributed by atoms with van der Waals surface area (Å²) in [5.41, 5.74) is 1.80. The molecule has 1 unspecified atom stereocenters. The lowest BCUT2D eigenvalue weighted by molar-refractivity contribution is 0.598. The quantitative estimate of drug-likeness (QED) is 0.642. The predicted molar refractivity (Wildman–Crippen MR) is 80.5 cm³/mol. The second kappa shape index (κ2) is 4.71. The highest BCUT2D eigenvalue weighted by Crippen LogP contribution is 2.45. The highest BCUT2D eigenvalue weighted by Gasteiger charge is 2.31. The predicted octanol–water partition coefficient (Wildman–Crippen LogP) is 4.76. The van der Waals surface area contributed by atoms with E-state index in [1.165, 1.54) is 30.0 Å². The third kappa shape index (κ3) is 1.95. The van der Waals surface area contributed by atoms with Crippen molar-refractivity contribution in [1.82, 2.24) is 9.55 Å². The fraction of sp³-hybridized carbons (Fsp3) is 0.133. The highest BCUT2D eigenvalue weighted by atomic mass is 35.5. The molecule has 0 aliphatic carbocycles. The van der Waals surface area contributed by atoms with Crippen LogP contribution in [0.5, 0.6) is 0 Å². The average Bonchev–Trinajstić information content (AvgIpc) is 2.99. The maximum atomic E-state index is 14.2. The second-order valence-electron chi connectivity index (χ2n) is 4.83. The number of benzene rings is 2. The van der Waals surface area contributed by atoms with Gasteiger partial charge in [0.2, 0.25) is 0 Å². The molecular formula is C15H9ClF2N2S. The van der Waals surface area contributed by atoms with Gasteiger partial charge in [-0.25, -0.2) is 13.8 Å². The van der Waals surface area contributed by atoms with Crippen LogP contribution in [0.4, 0.5) is 8.78 Å². The van der Waals surface area contributed by atoms with Crippen LogP contribution in [0.3, 0.4) is 0 Å². The van der Waals surface area contributed by atoms with Gasteiger partial charge in [0.15, 0.2) is 0 Å². The molecule has 0 saturated heterocycles. The molecule has 0 bridgehead atoms. The number of hydrogen-bond donors (Lipinski definition) is 0. The van der Waals surface area contributed by atoms with Crippen molar-refractivity contribution in [3.63, 3.8) is 0 Å². The van der Waals surface area contributed by atoms with Crippen molar-refractivity contribution in [1.29, 1.82) is 0 Å². The maximum absolute atomic E-state index is 14.2. The Morgan fingerprint density at radius 3 is 2.90 bits per heavy atom. The number of imidazole rings is 1. The molecule has 2 nitrogen and oxygen atoms in total. The SMILES string of the molecule is Fc1ccc2nc3n(c2c1)C(c1c(F)cccc1Cl)SC3. The summed E-state index contributed by atoms with van der Waals surface area (Å²) < 4.78 is 29.6. The lowest BCUT2D eigenvalue weighted by Gasteiger charge is -2.16. The van der Waals surface area contributed by atoms with E-state index in [0.717, 1.165) is 5.82 Å². The number of nitrogens with zero attached hydrogens (tertiary/aromatic N) is 2. The van der Waals surface area contributed by atoms with Crippen LogP contribution < -0.4 is 0 Å². The molecule has 0 amide bonds. The van der Waals surface area contributed by atoms with Crippen molar-refractivity contribution in [3.8, 4) is 0 Å². The molecule has 2 aromatic carbocycles. The Morgan fingerprint density at radius 1 is 1.24 bits per heavy atom. The molecular weight excluding hydrogens is 314 g/mol. The van der Waals surface area contributed by atoms with Crippen molar-refractivity contribution in [2.45, 2.75) is 11.1 Å². The van der Waals surface area contributed by atoms with E-state index in [1.807, 2.05) is 4.57 Å². The topological polar surface area (TPSA) is 17.8 Å². The van der Waals surface area contributed by atoms with Crippen LogP contribution in [0, 0.1) is 11.6 Å². The summed E-state index contributed by atoms with van der Waals surface area (Å²) in [6.45, 7) is 0. The van der Waals surface area contributed by atoms with Gasteiger partial charge in [0.25, 0.3) is 0 Å². The van der Waals surface area contributed by atoms with E-state index in [-0.39, 0.29) is 17.0 Å². The molecule has 3 aromatic rings. The van der Waals surface area contributed by atoms with Crippen LogP contribution in [0.25, 0.3) is 11.0 Å². The molecule has 0 spiro atoms. The van der Waals surface area contributed by atoms with Crippen molar-refractivity contribution in [2.24, 2.45) is 0 Å². The number of fused-ring (bicyclic) bond motifs is 3. The summed E-state index contributed by atoms with van der Waals surface area (Å²) in [6, 6.07) is 9.08. The molecule has 0 radical (unpaired) electrons. The first kappa shape index (κ1) is 13.1. The standard InChI is InChI=1S/C15H9ClF2N2S/c16-9-2-1-3-10(18)14(9)15-20-12-6-8(17)4-5-11(12)19-13(20)7-21-15/h1-6,15H,7H2. The van der Waals surface area contributed by atoms with Gasteiger partial charge in [-0.15, -0.1) is 11.8 Å². The molecule has 0 fully saturated rings. The van der Waals surface area contributed by atoms with Gasteiger partial charge in [0.05, 0.1) is 16.8 Å². The summed E-state index contributed by atoms with van der Waals surface area (Å²) in [6.07, 6.45) is 0. The highest BCUT2D eigenvalue weighted by molar-refractivity contribution is 7.99. The van der Waals surface area contributed by atoms with E-state index in [9.17, 15) is 8.78 Å². The van der Waals surface area contributed by atoms with Gasteiger partial charge in [-0.05, 0) is 30.3 Å². The number of hydrogen-bond acceptors (Lipinski definition) is 2. The van der Waals surface area contributed by atoms with Crippen LogP contribution in [0.15, 0.2) is 36.4 Å². The lowest BCUT2D eigenvalue weighted by Crippen LogP contribution is -2.06. The minimum absolute atomic E-state index is 0.319. The van der Waals surface area contributed by atoms with Crippen LogP contribution in [0.1, 0.15) is 16.8 Å². The van der Waals surface area contributed by atoms with Crippen molar-refractivity contribution in [2.75, 3.05) is 0 Å². The van der Waals surface area contributed by atoms with Crippen molar-refractivity contribution in [3.05, 3.63) is 64.4 Å². The van der Waals surface area contributed by atoms with Gasteiger partial charge < -0.3 is 4.57 Å². The Balaban J connectivity index is 1.97. The van der Waals surface area contributed by atoms with Crippen molar-refractivity contribution < 1.29 is 8.78 Å². The molecule has 0 saturated carbocycles. The molecule has 21 heavy (non-hydrogen) atoms. The van der Waals surface area contributed by atoms with E-state index < -0.39 is 0 Å². The molecule has 2 heterocycles. The summed E-state index contributed by atoms with van der Waals surface area (Å²) in [7, 11) is 0. The molecule has 4 rings (SSSR count). The molecule has 1 aromatic heterocycles. The third-order valence-corrected chi connectivity index (χ3v) is 5.09. The van der Waals surface area contributed by atoms with Crippen molar-refractivity contribution >= 4 is 34.4 Å². The van der Waals surface area contributed by atoms with E-state index in [0.29, 0.717) is 27.4 Å². The molecule has 1 aliphatic heterocycles. The zero-order valence-electron chi connectivity index (χ0n) is 10.7. The van der Waals surface area contributed by atoms with E-state index >= 15 is 0 Å². The van der Waals surface area contributed by atoms with Crippen LogP contribution >= 0.6 is 23.4 Å². The fourth-order valence-corrected chi connectivity index (χ4v) is 4.30. The summed E-state index contributed by atoms with van der Waals surface area (Å²) in [5.74, 6) is 0.766. The van der Waals surface area contributed by atoms with Crippen LogP contribution in [0.2, 0.25) is 5.02 Å². The fourth-order valence-electron chi connectivity index (χ4n) is 2.67. The lowest BCUT2D eigenvalue weighted by atomic mass is 10.2. The summed E-state index contributed by atoms with van der Waals surface area (Å²) >= 11 is 7.70. The Labute approximate surface area is 128 Å².